The number of amides is 1. The van der Waals surface area contributed by atoms with Gasteiger partial charge < -0.3 is 9.73 Å². The number of nitrogens with zero attached hydrogens (tertiary/aromatic N) is 1. The Hall–Kier alpha value is -2.29. The minimum atomic E-state index is -0.676. The molecule has 0 saturated carbocycles. The summed E-state index contributed by atoms with van der Waals surface area (Å²) in [6, 6.07) is 5.43. The summed E-state index contributed by atoms with van der Waals surface area (Å²) in [7, 11) is 0. The highest BCUT2D eigenvalue weighted by Gasteiger charge is 2.24. The Labute approximate surface area is 158 Å². The molecule has 3 aromatic rings. The van der Waals surface area contributed by atoms with Crippen LogP contribution in [0.3, 0.4) is 0 Å². The lowest BCUT2D eigenvalue weighted by molar-refractivity contribution is 0.0343. The maximum Gasteiger partial charge on any atom is 0.312 e. The van der Waals surface area contributed by atoms with Crippen LogP contribution in [0.2, 0.25) is 5.02 Å². The normalized spacial score (nSPS) is 10.9. The Morgan fingerprint density at radius 2 is 2.23 bits per heavy atom. The van der Waals surface area contributed by atoms with E-state index in [1.54, 1.807) is 30.8 Å². The fraction of sp³-hybridized carbons (Fsp3) is 0.176. The second-order valence-electron chi connectivity index (χ2n) is 5.14. The van der Waals surface area contributed by atoms with Crippen LogP contribution in [0, 0.1) is 5.82 Å². The predicted molar refractivity (Wildman–Crippen MR) is 99.6 cm³/mol. The second-order valence-corrected chi connectivity index (χ2v) is 6.43. The van der Waals surface area contributed by atoms with E-state index in [0.717, 1.165) is 11.1 Å². The molecule has 0 unspecified atom stereocenters. The minimum absolute atomic E-state index is 0.0824. The molecule has 1 aromatic carbocycles. The molecular weight excluding hydrogens is 381 g/mol. The first-order valence-electron chi connectivity index (χ1n) is 7.63. The third-order valence-electron chi connectivity index (χ3n) is 3.50. The molecule has 1 amide bonds. The lowest BCUT2D eigenvalue weighted by atomic mass is 10.2. The summed E-state index contributed by atoms with van der Waals surface area (Å²) in [5.74, 6) is -1.46. The molecule has 2 N–H and O–H groups in total. The number of fused-ring (bicyclic) bond motifs is 1. The molecule has 0 bridgehead atoms. The third-order valence-corrected chi connectivity index (χ3v) is 4.54. The molecule has 9 heteroatoms. The highest BCUT2D eigenvalue weighted by Crippen LogP contribution is 2.36. The maximum absolute atomic E-state index is 14.0. The summed E-state index contributed by atoms with van der Waals surface area (Å²) in [5, 5.41) is 3.81. The fourth-order valence-electron chi connectivity index (χ4n) is 2.31. The van der Waals surface area contributed by atoms with Crippen molar-refractivity contribution in [1.82, 2.24) is 10.5 Å². The molecule has 0 atom stereocenters. The number of pyridine rings is 1. The number of rotatable bonds is 6. The van der Waals surface area contributed by atoms with Crippen molar-refractivity contribution in [2.45, 2.75) is 11.8 Å². The van der Waals surface area contributed by atoms with Gasteiger partial charge in [-0.15, -0.1) is 11.8 Å². The molecule has 2 aromatic heterocycles. The van der Waals surface area contributed by atoms with Gasteiger partial charge in [-0.05, 0) is 31.4 Å². The zero-order valence-corrected chi connectivity index (χ0v) is 15.5. The van der Waals surface area contributed by atoms with E-state index in [1.807, 2.05) is 12.3 Å². The number of carbonyl (C=O) groups is 1. The first-order chi connectivity index (χ1) is 12.5. The van der Waals surface area contributed by atoms with E-state index in [9.17, 15) is 9.18 Å². The summed E-state index contributed by atoms with van der Waals surface area (Å²) in [5.41, 5.74) is 2.95. The van der Waals surface area contributed by atoms with E-state index in [2.05, 4.69) is 15.8 Å². The number of thioether (sulfide) groups is 1. The molecule has 3 rings (SSSR count). The van der Waals surface area contributed by atoms with E-state index in [1.165, 1.54) is 6.20 Å². The van der Waals surface area contributed by atoms with Gasteiger partial charge in [0.05, 0.1) is 28.9 Å². The van der Waals surface area contributed by atoms with E-state index in [0.29, 0.717) is 16.1 Å². The van der Waals surface area contributed by atoms with Crippen LogP contribution >= 0.6 is 23.4 Å². The number of carbonyl (C=O) groups excluding carboxylic acids is 1. The van der Waals surface area contributed by atoms with Gasteiger partial charge >= 0.3 is 5.91 Å². The minimum Gasteiger partial charge on any atom is -0.445 e. The first-order valence-corrected chi connectivity index (χ1v) is 9.24. The molecule has 136 valence electrons. The van der Waals surface area contributed by atoms with Crippen molar-refractivity contribution in [3.05, 3.63) is 47.2 Å². The van der Waals surface area contributed by atoms with Crippen molar-refractivity contribution in [2.75, 3.05) is 18.2 Å². The molecule has 26 heavy (non-hydrogen) atoms. The van der Waals surface area contributed by atoms with Gasteiger partial charge in [0.15, 0.2) is 11.4 Å². The van der Waals surface area contributed by atoms with Crippen LogP contribution in [-0.2, 0) is 4.84 Å². The Morgan fingerprint density at radius 1 is 1.42 bits per heavy atom. The Bertz CT molecular complexity index is 964. The summed E-state index contributed by atoms with van der Waals surface area (Å²) < 4.78 is 19.5. The number of furan rings is 1. The predicted octanol–water partition coefficient (Wildman–Crippen LogP) is 4.77. The average molecular weight is 396 g/mol. The van der Waals surface area contributed by atoms with Crippen LogP contribution < -0.4 is 10.8 Å². The van der Waals surface area contributed by atoms with Crippen LogP contribution in [0.5, 0.6) is 0 Å². The van der Waals surface area contributed by atoms with Gasteiger partial charge in [-0.25, -0.2) is 9.87 Å². The number of hydrogen-bond acceptors (Lipinski definition) is 6. The number of halogens is 2. The smallest absolute Gasteiger partial charge is 0.312 e. The molecule has 0 spiro atoms. The lowest BCUT2D eigenvalue weighted by Crippen LogP contribution is -2.23. The standard InChI is InChI=1S/C17H15ClFN3O3S/c1-3-24-22-17(23)16-14(10-7-20-8-12(19)15(10)25-16)21-13-5-4-9(26-2)6-11(13)18/h4-8,21H,3H2,1-2H3,(H,22,23). The van der Waals surface area contributed by atoms with Gasteiger partial charge in [-0.2, -0.15) is 0 Å². The van der Waals surface area contributed by atoms with Crippen molar-refractivity contribution < 1.29 is 18.4 Å². The molecule has 0 aliphatic rings. The number of hydrogen-bond donors (Lipinski definition) is 2. The van der Waals surface area contributed by atoms with E-state index >= 15 is 0 Å². The Balaban J connectivity index is 2.08. The first kappa shape index (κ1) is 18.5. The highest BCUT2D eigenvalue weighted by atomic mass is 35.5. The van der Waals surface area contributed by atoms with Gasteiger partial charge in [-0.3, -0.25) is 14.6 Å². The topological polar surface area (TPSA) is 76.4 Å². The summed E-state index contributed by atoms with van der Waals surface area (Å²) >= 11 is 7.85. The second kappa shape index (κ2) is 7.94. The number of hydroxylamine groups is 1. The number of anilines is 2. The van der Waals surface area contributed by atoms with Gasteiger partial charge in [0.25, 0.3) is 0 Å². The van der Waals surface area contributed by atoms with Gasteiger partial charge in [0.2, 0.25) is 5.76 Å². The van der Waals surface area contributed by atoms with Crippen molar-refractivity contribution in [3.63, 3.8) is 0 Å². The quantitative estimate of drug-likeness (QED) is 0.462. The van der Waals surface area contributed by atoms with Crippen molar-refractivity contribution >= 4 is 51.6 Å². The van der Waals surface area contributed by atoms with Crippen LogP contribution in [-0.4, -0.2) is 23.8 Å². The largest absolute Gasteiger partial charge is 0.445 e. The van der Waals surface area contributed by atoms with Crippen molar-refractivity contribution in [3.8, 4) is 0 Å². The highest BCUT2D eigenvalue weighted by molar-refractivity contribution is 7.98. The van der Waals surface area contributed by atoms with Gasteiger partial charge in [0.1, 0.15) is 5.69 Å². The number of nitrogens with one attached hydrogen (secondary N) is 2. The van der Waals surface area contributed by atoms with Gasteiger partial charge in [-0.1, -0.05) is 11.6 Å². The van der Waals surface area contributed by atoms with Crippen LogP contribution in [0.15, 0.2) is 39.9 Å². The molecule has 6 nitrogen and oxygen atoms in total. The van der Waals surface area contributed by atoms with Gasteiger partial charge in [0, 0.05) is 11.1 Å². The maximum atomic E-state index is 14.0. The molecule has 0 fully saturated rings. The Morgan fingerprint density at radius 3 is 2.92 bits per heavy atom. The SMILES string of the molecule is CCONC(=O)c1oc2c(F)cncc2c1Nc1ccc(SC)cc1Cl. The summed E-state index contributed by atoms with van der Waals surface area (Å²) in [6.07, 6.45) is 4.36. The van der Waals surface area contributed by atoms with Crippen LogP contribution in [0.1, 0.15) is 17.5 Å². The van der Waals surface area contributed by atoms with Crippen molar-refractivity contribution in [1.29, 1.82) is 0 Å². The molecule has 2 heterocycles. The van der Waals surface area contributed by atoms with Crippen LogP contribution in [0.4, 0.5) is 15.8 Å². The van der Waals surface area contributed by atoms with Crippen molar-refractivity contribution in [2.24, 2.45) is 0 Å². The van der Waals surface area contributed by atoms with Crippen LogP contribution in [0.25, 0.3) is 11.0 Å². The van der Waals surface area contributed by atoms with E-state index in [4.69, 9.17) is 20.9 Å². The molecule has 0 aliphatic carbocycles. The number of benzene rings is 1. The average Bonchev–Trinajstić information content (AvgIpc) is 3.01. The summed E-state index contributed by atoms with van der Waals surface area (Å²) in [6.45, 7) is 1.99. The third kappa shape index (κ3) is 3.62. The zero-order chi connectivity index (χ0) is 18.7. The lowest BCUT2D eigenvalue weighted by Gasteiger charge is -2.10. The summed E-state index contributed by atoms with van der Waals surface area (Å²) in [4.78, 5) is 22.1. The monoisotopic (exact) mass is 395 g/mol. The molecular formula is C17H15ClFN3O3S. The molecule has 0 aliphatic heterocycles. The Kier molecular flexibility index (Phi) is 5.65. The number of aromatic nitrogens is 1. The van der Waals surface area contributed by atoms with E-state index in [-0.39, 0.29) is 23.6 Å². The molecule has 0 saturated heterocycles. The zero-order valence-electron chi connectivity index (χ0n) is 13.9. The molecule has 0 radical (unpaired) electrons. The fourth-order valence-corrected chi connectivity index (χ4v) is 3.04. The van der Waals surface area contributed by atoms with E-state index < -0.39 is 11.7 Å².